The maximum Gasteiger partial charge on any atom is 0.411 e. The number of Topliss-reactive ketones (excluding diaryl/α,β-unsaturated/α-hetero) is 1. The first-order valence-electron chi connectivity index (χ1n) is 5.51. The number of ether oxygens (including phenoxy) is 1. The summed E-state index contributed by atoms with van der Waals surface area (Å²) in [5.41, 5.74) is 0.618. The molecule has 0 bridgehead atoms. The van der Waals surface area contributed by atoms with Crippen molar-refractivity contribution in [1.29, 1.82) is 0 Å². The second kappa shape index (κ2) is 5.70. The summed E-state index contributed by atoms with van der Waals surface area (Å²) < 4.78 is 41.5. The van der Waals surface area contributed by atoms with Crippen LogP contribution in [-0.4, -0.2) is 34.6 Å². The third kappa shape index (κ3) is 4.32. The molecule has 2 aromatic rings. The van der Waals surface area contributed by atoms with E-state index >= 15 is 0 Å². The highest BCUT2D eigenvalue weighted by molar-refractivity contribution is 7.15. The van der Waals surface area contributed by atoms with Gasteiger partial charge in [0.1, 0.15) is 12.4 Å². The Morgan fingerprint density at radius 2 is 2.26 bits per heavy atom. The SMILES string of the molecule is O=C(CCOCC(F)(F)F)Cc1cn2ccsc2n1. The van der Waals surface area contributed by atoms with Gasteiger partial charge in [0.15, 0.2) is 4.96 Å². The van der Waals surface area contributed by atoms with Gasteiger partial charge in [0, 0.05) is 24.2 Å². The monoisotopic (exact) mass is 292 g/mol. The molecule has 19 heavy (non-hydrogen) atoms. The molecule has 0 aromatic carbocycles. The zero-order valence-corrected chi connectivity index (χ0v) is 10.6. The summed E-state index contributed by atoms with van der Waals surface area (Å²) in [6.07, 6.45) is -0.712. The van der Waals surface area contributed by atoms with Gasteiger partial charge in [-0.15, -0.1) is 11.3 Å². The van der Waals surface area contributed by atoms with Crippen LogP contribution >= 0.6 is 11.3 Å². The quantitative estimate of drug-likeness (QED) is 0.768. The van der Waals surface area contributed by atoms with E-state index in [2.05, 4.69) is 9.72 Å². The van der Waals surface area contributed by atoms with Gasteiger partial charge in [-0.2, -0.15) is 13.2 Å². The van der Waals surface area contributed by atoms with Gasteiger partial charge in [0.25, 0.3) is 0 Å². The molecule has 0 spiro atoms. The van der Waals surface area contributed by atoms with Crippen molar-refractivity contribution in [2.45, 2.75) is 19.0 Å². The molecule has 2 aromatic heterocycles. The first-order valence-corrected chi connectivity index (χ1v) is 6.39. The molecule has 2 heterocycles. The van der Waals surface area contributed by atoms with Crippen LogP contribution in [0, 0.1) is 0 Å². The van der Waals surface area contributed by atoms with E-state index in [4.69, 9.17) is 0 Å². The maximum absolute atomic E-state index is 11.8. The predicted molar refractivity (Wildman–Crippen MR) is 63.3 cm³/mol. The molecule has 0 aliphatic rings. The Balaban J connectivity index is 1.74. The van der Waals surface area contributed by atoms with E-state index in [9.17, 15) is 18.0 Å². The average Bonchev–Trinajstić information content (AvgIpc) is 2.83. The molecular formula is C11H11F3N2O2S. The Bertz CT molecular complexity index is 533. The fraction of sp³-hybridized carbons (Fsp3) is 0.455. The number of alkyl halides is 3. The van der Waals surface area contributed by atoms with E-state index in [1.165, 1.54) is 11.3 Å². The van der Waals surface area contributed by atoms with Gasteiger partial charge in [-0.25, -0.2) is 4.98 Å². The molecule has 0 atom stereocenters. The lowest BCUT2D eigenvalue weighted by Gasteiger charge is -2.06. The van der Waals surface area contributed by atoms with E-state index in [1.54, 1.807) is 10.6 Å². The number of ketones is 1. The highest BCUT2D eigenvalue weighted by Gasteiger charge is 2.27. The van der Waals surface area contributed by atoms with Crippen LogP contribution in [0.4, 0.5) is 13.2 Å². The molecule has 0 N–H and O–H groups in total. The van der Waals surface area contributed by atoms with E-state index in [1.807, 2.05) is 11.6 Å². The molecule has 0 amide bonds. The smallest absolute Gasteiger partial charge is 0.372 e. The van der Waals surface area contributed by atoms with Crippen LogP contribution in [-0.2, 0) is 16.0 Å². The van der Waals surface area contributed by atoms with Gasteiger partial charge in [-0.3, -0.25) is 9.20 Å². The highest BCUT2D eigenvalue weighted by atomic mass is 32.1. The highest BCUT2D eigenvalue weighted by Crippen LogP contribution is 2.15. The van der Waals surface area contributed by atoms with Crippen LogP contribution < -0.4 is 0 Å². The number of fused-ring (bicyclic) bond motifs is 1. The van der Waals surface area contributed by atoms with Crippen LogP contribution in [0.1, 0.15) is 12.1 Å². The van der Waals surface area contributed by atoms with Gasteiger partial charge in [0.05, 0.1) is 18.7 Å². The summed E-state index contributed by atoms with van der Waals surface area (Å²) in [5.74, 6) is -0.187. The van der Waals surface area contributed by atoms with Crippen LogP contribution in [0.2, 0.25) is 0 Å². The fourth-order valence-electron chi connectivity index (χ4n) is 1.53. The summed E-state index contributed by atoms with van der Waals surface area (Å²) in [4.78, 5) is 16.5. The van der Waals surface area contributed by atoms with E-state index < -0.39 is 12.8 Å². The summed E-state index contributed by atoms with van der Waals surface area (Å²) in [6.45, 7) is -1.54. The number of hydrogen-bond donors (Lipinski definition) is 0. The summed E-state index contributed by atoms with van der Waals surface area (Å²) >= 11 is 1.45. The minimum atomic E-state index is -4.35. The number of rotatable bonds is 6. The number of carbonyl (C=O) groups excluding carboxylic acids is 1. The van der Waals surface area contributed by atoms with Crippen molar-refractivity contribution in [3.05, 3.63) is 23.5 Å². The second-order valence-corrected chi connectivity index (χ2v) is 4.83. The van der Waals surface area contributed by atoms with Crippen molar-refractivity contribution < 1.29 is 22.7 Å². The molecule has 0 unspecified atom stereocenters. The zero-order chi connectivity index (χ0) is 13.9. The van der Waals surface area contributed by atoms with Crippen molar-refractivity contribution >= 4 is 22.1 Å². The molecule has 104 valence electrons. The van der Waals surface area contributed by atoms with E-state index in [0.717, 1.165) is 4.96 Å². The largest absolute Gasteiger partial charge is 0.411 e. The Morgan fingerprint density at radius 1 is 1.47 bits per heavy atom. The Labute approximate surface area is 110 Å². The van der Waals surface area contributed by atoms with Gasteiger partial charge in [-0.1, -0.05) is 0 Å². The van der Waals surface area contributed by atoms with Gasteiger partial charge in [-0.05, 0) is 0 Å². The van der Waals surface area contributed by atoms with E-state index in [-0.39, 0.29) is 25.2 Å². The molecule has 0 saturated heterocycles. The van der Waals surface area contributed by atoms with Crippen molar-refractivity contribution in [3.63, 3.8) is 0 Å². The Hall–Kier alpha value is -1.41. The fourth-order valence-corrected chi connectivity index (χ4v) is 2.24. The number of thiazole rings is 1. The van der Waals surface area contributed by atoms with Crippen molar-refractivity contribution in [3.8, 4) is 0 Å². The summed E-state index contributed by atoms with van der Waals surface area (Å²) in [6, 6.07) is 0. The molecule has 2 rings (SSSR count). The minimum Gasteiger partial charge on any atom is -0.372 e. The van der Waals surface area contributed by atoms with Gasteiger partial charge < -0.3 is 4.74 Å². The van der Waals surface area contributed by atoms with Crippen LogP contribution in [0.5, 0.6) is 0 Å². The van der Waals surface area contributed by atoms with Crippen molar-refractivity contribution in [1.82, 2.24) is 9.38 Å². The molecular weight excluding hydrogens is 281 g/mol. The predicted octanol–water partition coefficient (Wildman–Crippen LogP) is 2.48. The molecule has 0 aliphatic carbocycles. The standard InChI is InChI=1S/C11H11F3N2O2S/c12-11(13,14)7-18-3-1-9(17)5-8-6-16-2-4-19-10(16)15-8/h2,4,6H,1,3,5,7H2. The lowest BCUT2D eigenvalue weighted by molar-refractivity contribution is -0.174. The van der Waals surface area contributed by atoms with E-state index in [0.29, 0.717) is 5.69 Å². The normalized spacial score (nSPS) is 12.2. The number of carbonyl (C=O) groups is 1. The molecule has 0 radical (unpaired) electrons. The molecule has 0 fully saturated rings. The molecule has 0 aliphatic heterocycles. The number of hydrogen-bond acceptors (Lipinski definition) is 4. The Kier molecular flexibility index (Phi) is 4.20. The number of imidazole rings is 1. The maximum atomic E-state index is 11.8. The lowest BCUT2D eigenvalue weighted by atomic mass is 10.2. The topological polar surface area (TPSA) is 43.6 Å². The number of aromatic nitrogens is 2. The number of halogens is 3. The van der Waals surface area contributed by atoms with Crippen molar-refractivity contribution in [2.24, 2.45) is 0 Å². The summed E-state index contributed by atoms with van der Waals surface area (Å²) in [7, 11) is 0. The number of nitrogens with zero attached hydrogens (tertiary/aromatic N) is 2. The minimum absolute atomic E-state index is 0.0404. The van der Waals surface area contributed by atoms with Crippen LogP contribution in [0.3, 0.4) is 0 Å². The average molecular weight is 292 g/mol. The van der Waals surface area contributed by atoms with Crippen LogP contribution in [0.25, 0.3) is 4.96 Å². The third-order valence-corrected chi connectivity index (χ3v) is 3.08. The molecule has 8 heteroatoms. The Morgan fingerprint density at radius 3 is 2.95 bits per heavy atom. The second-order valence-electron chi connectivity index (χ2n) is 3.96. The molecule has 4 nitrogen and oxygen atoms in total. The van der Waals surface area contributed by atoms with Gasteiger partial charge in [0.2, 0.25) is 0 Å². The molecule has 0 saturated carbocycles. The first-order chi connectivity index (χ1) is 8.94. The van der Waals surface area contributed by atoms with Crippen molar-refractivity contribution in [2.75, 3.05) is 13.2 Å². The van der Waals surface area contributed by atoms with Crippen LogP contribution in [0.15, 0.2) is 17.8 Å². The van der Waals surface area contributed by atoms with Gasteiger partial charge >= 0.3 is 6.18 Å². The zero-order valence-electron chi connectivity index (χ0n) is 9.81. The summed E-state index contributed by atoms with van der Waals surface area (Å²) in [5, 5.41) is 1.87. The first kappa shape index (κ1) is 14.0. The lowest BCUT2D eigenvalue weighted by Crippen LogP contribution is -2.18. The third-order valence-electron chi connectivity index (χ3n) is 2.31.